The molecule has 0 saturated carbocycles. The van der Waals surface area contributed by atoms with Crippen LogP contribution < -0.4 is 5.32 Å². The summed E-state index contributed by atoms with van der Waals surface area (Å²) >= 11 is 0.888. The van der Waals surface area contributed by atoms with Crippen molar-refractivity contribution < 1.29 is 19.8 Å². The Balaban J connectivity index is 2.51. The molecule has 1 rings (SSSR count). The molecule has 1 aromatic rings. The van der Waals surface area contributed by atoms with E-state index >= 15 is 0 Å². The zero-order valence-corrected chi connectivity index (χ0v) is 8.61. The maximum Gasteiger partial charge on any atom is 0.337 e. The molecule has 1 amide bonds. The first-order valence-corrected chi connectivity index (χ1v) is 4.72. The van der Waals surface area contributed by atoms with E-state index in [9.17, 15) is 14.7 Å². The molecule has 7 nitrogen and oxygen atoms in total. The van der Waals surface area contributed by atoms with Crippen molar-refractivity contribution >= 4 is 23.4 Å². The Morgan fingerprint density at radius 1 is 1.67 bits per heavy atom. The molecule has 1 aromatic heterocycles. The van der Waals surface area contributed by atoms with Gasteiger partial charge in [-0.1, -0.05) is 4.49 Å². The summed E-state index contributed by atoms with van der Waals surface area (Å²) in [5, 5.41) is 23.6. The molecular formula is C7H9N3O4S. The Bertz CT molecular complexity index is 362. The molecule has 1 unspecified atom stereocenters. The number of hydrogen-bond acceptors (Lipinski definition) is 6. The molecule has 0 aliphatic carbocycles. The fraction of sp³-hybridized carbons (Fsp3) is 0.429. The Morgan fingerprint density at radius 2 is 2.33 bits per heavy atom. The predicted molar refractivity (Wildman–Crippen MR) is 50.5 cm³/mol. The minimum atomic E-state index is -1.98. The van der Waals surface area contributed by atoms with E-state index in [0.29, 0.717) is 0 Å². The Morgan fingerprint density at radius 3 is 2.80 bits per heavy atom. The van der Waals surface area contributed by atoms with Gasteiger partial charge in [0.15, 0.2) is 5.60 Å². The van der Waals surface area contributed by atoms with Crippen LogP contribution in [0.3, 0.4) is 0 Å². The lowest BCUT2D eigenvalue weighted by Gasteiger charge is -2.17. The minimum absolute atomic E-state index is 0.260. The van der Waals surface area contributed by atoms with Gasteiger partial charge in [-0.3, -0.25) is 4.79 Å². The van der Waals surface area contributed by atoms with Crippen LogP contribution in [0.5, 0.6) is 0 Å². The molecule has 0 aliphatic heterocycles. The minimum Gasteiger partial charge on any atom is -0.479 e. The van der Waals surface area contributed by atoms with Crippen LogP contribution in [0.15, 0.2) is 6.20 Å². The lowest BCUT2D eigenvalue weighted by molar-refractivity contribution is -0.155. The molecule has 1 atom stereocenters. The molecule has 0 bridgehead atoms. The second kappa shape index (κ2) is 4.32. The highest BCUT2D eigenvalue weighted by Gasteiger charge is 2.30. The maximum absolute atomic E-state index is 11.3. The van der Waals surface area contributed by atoms with Crippen LogP contribution in [0.1, 0.15) is 16.6 Å². The van der Waals surface area contributed by atoms with Gasteiger partial charge in [0.25, 0.3) is 5.91 Å². The summed E-state index contributed by atoms with van der Waals surface area (Å²) in [6.07, 6.45) is 1.26. The number of nitrogens with one attached hydrogen (secondary N) is 1. The van der Waals surface area contributed by atoms with Crippen molar-refractivity contribution in [3.63, 3.8) is 0 Å². The second-order valence-electron chi connectivity index (χ2n) is 3.04. The lowest BCUT2D eigenvalue weighted by Crippen LogP contribution is -2.46. The third kappa shape index (κ3) is 2.96. The Hall–Kier alpha value is -1.54. The van der Waals surface area contributed by atoms with Gasteiger partial charge in [-0.05, 0) is 18.5 Å². The smallest absolute Gasteiger partial charge is 0.337 e. The van der Waals surface area contributed by atoms with Crippen molar-refractivity contribution in [3.8, 4) is 0 Å². The van der Waals surface area contributed by atoms with Crippen LogP contribution in [0, 0.1) is 0 Å². The van der Waals surface area contributed by atoms with Crippen molar-refractivity contribution in [2.75, 3.05) is 6.54 Å². The Kier molecular flexibility index (Phi) is 3.32. The summed E-state index contributed by atoms with van der Waals surface area (Å²) in [5.74, 6) is -1.91. The van der Waals surface area contributed by atoms with E-state index in [1.807, 2.05) is 0 Å². The maximum atomic E-state index is 11.3. The second-order valence-corrected chi connectivity index (χ2v) is 3.83. The van der Waals surface area contributed by atoms with Gasteiger partial charge in [0.2, 0.25) is 0 Å². The molecule has 0 fully saturated rings. The molecule has 0 spiro atoms. The zero-order chi connectivity index (χ0) is 11.5. The van der Waals surface area contributed by atoms with E-state index in [0.717, 1.165) is 18.5 Å². The predicted octanol–water partition coefficient (Wildman–Crippen LogP) is -0.897. The van der Waals surface area contributed by atoms with Crippen molar-refractivity contribution in [2.24, 2.45) is 0 Å². The summed E-state index contributed by atoms with van der Waals surface area (Å²) in [6.45, 7) is 0.722. The first-order chi connectivity index (χ1) is 6.93. The number of nitrogens with zero attached hydrogens (tertiary/aromatic N) is 2. The van der Waals surface area contributed by atoms with Crippen LogP contribution >= 0.6 is 11.5 Å². The van der Waals surface area contributed by atoms with Crippen molar-refractivity contribution in [3.05, 3.63) is 11.1 Å². The van der Waals surface area contributed by atoms with E-state index < -0.39 is 17.5 Å². The average Bonchev–Trinajstić information content (AvgIpc) is 2.66. The number of aliphatic carboxylic acids is 1. The third-order valence-corrected chi connectivity index (χ3v) is 2.30. The van der Waals surface area contributed by atoms with Gasteiger partial charge in [0.05, 0.1) is 12.7 Å². The number of aromatic nitrogens is 2. The largest absolute Gasteiger partial charge is 0.479 e. The van der Waals surface area contributed by atoms with Crippen molar-refractivity contribution in [1.29, 1.82) is 0 Å². The highest BCUT2D eigenvalue weighted by atomic mass is 32.1. The fourth-order valence-electron chi connectivity index (χ4n) is 0.682. The highest BCUT2D eigenvalue weighted by Crippen LogP contribution is 2.04. The lowest BCUT2D eigenvalue weighted by atomic mass is 10.1. The third-order valence-electron chi connectivity index (χ3n) is 1.64. The molecule has 0 saturated heterocycles. The van der Waals surface area contributed by atoms with Crippen molar-refractivity contribution in [1.82, 2.24) is 14.9 Å². The number of aliphatic hydroxyl groups is 1. The first kappa shape index (κ1) is 11.5. The zero-order valence-electron chi connectivity index (χ0n) is 7.80. The van der Waals surface area contributed by atoms with Gasteiger partial charge in [-0.2, -0.15) is 0 Å². The molecule has 0 radical (unpaired) electrons. The molecule has 0 aromatic carbocycles. The number of rotatable bonds is 4. The Labute approximate surface area is 88.9 Å². The quantitative estimate of drug-likeness (QED) is 0.619. The van der Waals surface area contributed by atoms with E-state index in [-0.39, 0.29) is 11.4 Å². The summed E-state index contributed by atoms with van der Waals surface area (Å²) in [4.78, 5) is 22.0. The van der Waals surface area contributed by atoms with Gasteiger partial charge in [0, 0.05) is 0 Å². The summed E-state index contributed by atoms with van der Waals surface area (Å²) in [5.41, 5.74) is -1.98. The number of carboxylic acids is 1. The number of carboxylic acid groups (broad SMARTS) is 1. The van der Waals surface area contributed by atoms with Crippen LogP contribution in [0.4, 0.5) is 0 Å². The van der Waals surface area contributed by atoms with E-state index in [4.69, 9.17) is 5.11 Å². The molecule has 3 N–H and O–H groups in total. The normalized spacial score (nSPS) is 14.3. The standard InChI is InChI=1S/C7H9N3O4S/c1-7(14,6(12)13)3-8-5(11)4-2-9-10-15-4/h2,14H,3H2,1H3,(H,8,11)(H,12,13). The molecule has 0 aliphatic rings. The fourth-order valence-corrected chi connectivity index (χ4v) is 1.11. The topological polar surface area (TPSA) is 112 Å². The number of carbonyl (C=O) groups excluding carboxylic acids is 1. The molecular weight excluding hydrogens is 222 g/mol. The highest BCUT2D eigenvalue weighted by molar-refractivity contribution is 7.07. The van der Waals surface area contributed by atoms with E-state index in [1.54, 1.807) is 0 Å². The monoisotopic (exact) mass is 231 g/mol. The van der Waals surface area contributed by atoms with E-state index in [2.05, 4.69) is 14.9 Å². The van der Waals surface area contributed by atoms with Gasteiger partial charge in [0.1, 0.15) is 4.88 Å². The number of amides is 1. The molecule has 15 heavy (non-hydrogen) atoms. The van der Waals surface area contributed by atoms with Crippen LogP contribution in [-0.4, -0.2) is 43.8 Å². The van der Waals surface area contributed by atoms with Crippen LogP contribution in [0.2, 0.25) is 0 Å². The summed E-state index contributed by atoms with van der Waals surface area (Å²) < 4.78 is 3.47. The SMILES string of the molecule is CC(O)(CNC(=O)c1cnns1)C(=O)O. The number of carbonyl (C=O) groups is 2. The van der Waals surface area contributed by atoms with Gasteiger partial charge < -0.3 is 15.5 Å². The average molecular weight is 231 g/mol. The van der Waals surface area contributed by atoms with Crippen LogP contribution in [0.25, 0.3) is 0 Å². The van der Waals surface area contributed by atoms with Gasteiger partial charge in [-0.25, -0.2) is 4.79 Å². The van der Waals surface area contributed by atoms with Gasteiger partial charge >= 0.3 is 5.97 Å². The molecule has 82 valence electrons. The van der Waals surface area contributed by atoms with Crippen molar-refractivity contribution in [2.45, 2.75) is 12.5 Å². The van der Waals surface area contributed by atoms with Crippen LogP contribution in [-0.2, 0) is 4.79 Å². The van der Waals surface area contributed by atoms with E-state index in [1.165, 1.54) is 6.20 Å². The number of hydrogen-bond donors (Lipinski definition) is 3. The first-order valence-electron chi connectivity index (χ1n) is 3.95. The summed E-state index contributed by atoms with van der Waals surface area (Å²) in [6, 6.07) is 0. The molecule has 8 heteroatoms. The molecule has 1 heterocycles. The summed E-state index contributed by atoms with van der Waals surface area (Å²) in [7, 11) is 0. The van der Waals surface area contributed by atoms with Gasteiger partial charge in [-0.15, -0.1) is 5.10 Å².